The second-order valence-corrected chi connectivity index (χ2v) is 8.86. The topological polar surface area (TPSA) is 81.0 Å². The molecule has 0 N–H and O–H groups in total. The minimum atomic E-state index is -3.10. The van der Waals surface area contributed by atoms with E-state index in [0.29, 0.717) is 31.3 Å². The van der Waals surface area contributed by atoms with E-state index in [1.807, 2.05) is 0 Å². The van der Waals surface area contributed by atoms with Crippen LogP contribution in [0.2, 0.25) is 0 Å². The van der Waals surface area contributed by atoms with E-state index in [1.165, 1.54) is 6.26 Å². The Labute approximate surface area is 131 Å². The average molecular weight is 323 g/mol. The summed E-state index contributed by atoms with van der Waals surface area (Å²) in [6, 6.07) is 0. The van der Waals surface area contributed by atoms with Crippen molar-refractivity contribution in [1.29, 1.82) is 0 Å². The van der Waals surface area contributed by atoms with Crippen LogP contribution in [-0.4, -0.2) is 52.7 Å². The molecule has 0 amide bonds. The molecule has 0 radical (unpaired) electrons. The van der Waals surface area contributed by atoms with Crippen LogP contribution in [0.15, 0.2) is 0 Å². The van der Waals surface area contributed by atoms with Gasteiger partial charge in [-0.3, -0.25) is 0 Å². The van der Waals surface area contributed by atoms with Crippen LogP contribution in [0.1, 0.15) is 32.1 Å². The maximum Gasteiger partial charge on any atom is 0.245 e. The number of rotatable bonds is 5. The van der Waals surface area contributed by atoms with Crippen LogP contribution >= 0.6 is 0 Å². The van der Waals surface area contributed by atoms with Gasteiger partial charge < -0.3 is 4.90 Å². The van der Waals surface area contributed by atoms with Gasteiger partial charge in [-0.05, 0) is 42.0 Å². The Kier molecular flexibility index (Phi) is 3.85. The number of hydrogen-bond acceptors (Lipinski definition) is 6. The molecule has 2 heterocycles. The SMILES string of the molecule is C#CCC1CCCN(c2nnnn2CC2(S(C)(=O)=O)CC2)C1. The summed E-state index contributed by atoms with van der Waals surface area (Å²) in [5, 5.41) is 11.9. The van der Waals surface area contributed by atoms with E-state index in [9.17, 15) is 8.42 Å². The summed E-state index contributed by atoms with van der Waals surface area (Å²) in [5.41, 5.74) is 0. The molecule has 1 saturated heterocycles. The number of terminal acetylenes is 1. The van der Waals surface area contributed by atoms with Crippen molar-refractivity contribution in [1.82, 2.24) is 20.2 Å². The highest BCUT2D eigenvalue weighted by atomic mass is 32.2. The molecule has 1 atom stereocenters. The smallest absolute Gasteiger partial charge is 0.245 e. The molecule has 120 valence electrons. The van der Waals surface area contributed by atoms with Crippen molar-refractivity contribution in [2.45, 2.75) is 43.4 Å². The molecular weight excluding hydrogens is 302 g/mol. The second-order valence-electron chi connectivity index (χ2n) is 6.45. The Morgan fingerprint density at radius 3 is 2.86 bits per heavy atom. The lowest BCUT2D eigenvalue weighted by Crippen LogP contribution is -2.38. The molecule has 1 unspecified atom stereocenters. The number of nitrogens with zero attached hydrogens (tertiary/aromatic N) is 5. The third-order valence-electron chi connectivity index (χ3n) is 4.75. The van der Waals surface area contributed by atoms with Gasteiger partial charge in [0.2, 0.25) is 5.95 Å². The molecule has 1 aliphatic carbocycles. The Hall–Kier alpha value is -1.62. The number of tetrazole rings is 1. The van der Waals surface area contributed by atoms with Crippen molar-refractivity contribution < 1.29 is 8.42 Å². The van der Waals surface area contributed by atoms with Crippen LogP contribution in [0.25, 0.3) is 0 Å². The lowest BCUT2D eigenvalue weighted by molar-refractivity contribution is 0.411. The molecule has 2 aliphatic rings. The van der Waals surface area contributed by atoms with E-state index in [1.54, 1.807) is 4.68 Å². The number of hydrogen-bond donors (Lipinski definition) is 0. The van der Waals surface area contributed by atoms with Crippen LogP contribution in [0, 0.1) is 18.3 Å². The number of anilines is 1. The quantitative estimate of drug-likeness (QED) is 0.734. The third-order valence-corrected chi connectivity index (χ3v) is 6.86. The van der Waals surface area contributed by atoms with Gasteiger partial charge in [-0.25, -0.2) is 13.1 Å². The summed E-state index contributed by atoms with van der Waals surface area (Å²) >= 11 is 0. The molecule has 1 aromatic heterocycles. The fraction of sp³-hybridized carbons (Fsp3) is 0.786. The number of sulfone groups is 1. The van der Waals surface area contributed by atoms with Crippen molar-refractivity contribution in [2.24, 2.45) is 5.92 Å². The molecule has 0 bridgehead atoms. The Morgan fingerprint density at radius 1 is 1.45 bits per heavy atom. The van der Waals surface area contributed by atoms with Crippen LogP contribution in [-0.2, 0) is 16.4 Å². The van der Waals surface area contributed by atoms with E-state index in [4.69, 9.17) is 6.42 Å². The highest BCUT2D eigenvalue weighted by molar-refractivity contribution is 7.92. The molecule has 7 nitrogen and oxygen atoms in total. The first-order valence-corrected chi connectivity index (χ1v) is 9.48. The zero-order chi connectivity index (χ0) is 15.8. The maximum atomic E-state index is 11.9. The first-order valence-electron chi connectivity index (χ1n) is 7.59. The summed E-state index contributed by atoms with van der Waals surface area (Å²) in [6.07, 6.45) is 11.0. The van der Waals surface area contributed by atoms with Crippen molar-refractivity contribution in [3.05, 3.63) is 0 Å². The summed E-state index contributed by atoms with van der Waals surface area (Å²) in [4.78, 5) is 2.13. The highest BCUT2D eigenvalue weighted by Gasteiger charge is 2.53. The fourth-order valence-corrected chi connectivity index (χ4v) is 4.37. The maximum absolute atomic E-state index is 11.9. The number of piperidine rings is 1. The molecule has 22 heavy (non-hydrogen) atoms. The first kappa shape index (κ1) is 15.3. The van der Waals surface area contributed by atoms with Gasteiger partial charge in [0.25, 0.3) is 0 Å². The van der Waals surface area contributed by atoms with E-state index in [2.05, 4.69) is 26.3 Å². The standard InChI is InChI=1S/C14H21N5O2S/c1-3-5-12-6-4-9-18(10-12)13-15-16-17-19(13)11-14(7-8-14)22(2,20)21/h1,12H,4-11H2,2H3. The predicted octanol–water partition coefficient (Wildman–Crippen LogP) is 0.490. The third kappa shape index (κ3) is 2.82. The Balaban J connectivity index is 1.77. The Morgan fingerprint density at radius 2 is 2.23 bits per heavy atom. The minimum Gasteiger partial charge on any atom is -0.339 e. The van der Waals surface area contributed by atoms with Crippen molar-refractivity contribution in [3.8, 4) is 12.3 Å². The van der Waals surface area contributed by atoms with E-state index >= 15 is 0 Å². The first-order chi connectivity index (χ1) is 10.5. The van der Waals surface area contributed by atoms with Crippen LogP contribution in [0.5, 0.6) is 0 Å². The van der Waals surface area contributed by atoms with Crippen LogP contribution < -0.4 is 4.90 Å². The molecule has 1 aromatic rings. The molecule has 1 aliphatic heterocycles. The molecule has 0 aromatic carbocycles. The summed E-state index contributed by atoms with van der Waals surface area (Å²) in [6.45, 7) is 2.05. The van der Waals surface area contributed by atoms with Crippen molar-refractivity contribution in [2.75, 3.05) is 24.2 Å². The van der Waals surface area contributed by atoms with E-state index in [-0.39, 0.29) is 0 Å². The fourth-order valence-electron chi connectivity index (χ4n) is 3.17. The van der Waals surface area contributed by atoms with Gasteiger partial charge in [-0.2, -0.15) is 0 Å². The van der Waals surface area contributed by atoms with Crippen molar-refractivity contribution >= 4 is 15.8 Å². The van der Waals surface area contributed by atoms with Crippen LogP contribution in [0.4, 0.5) is 5.95 Å². The average Bonchev–Trinajstić information content (AvgIpc) is 3.10. The number of aromatic nitrogens is 4. The van der Waals surface area contributed by atoms with Crippen LogP contribution in [0.3, 0.4) is 0 Å². The lowest BCUT2D eigenvalue weighted by atomic mass is 9.95. The second kappa shape index (κ2) is 5.54. The highest BCUT2D eigenvalue weighted by Crippen LogP contribution is 2.44. The van der Waals surface area contributed by atoms with Gasteiger partial charge in [-0.15, -0.1) is 12.3 Å². The normalized spacial score (nSPS) is 24.0. The van der Waals surface area contributed by atoms with E-state index < -0.39 is 14.6 Å². The van der Waals surface area contributed by atoms with Gasteiger partial charge in [0, 0.05) is 25.8 Å². The van der Waals surface area contributed by atoms with Gasteiger partial charge in [0.05, 0.1) is 11.3 Å². The predicted molar refractivity (Wildman–Crippen MR) is 83.0 cm³/mol. The van der Waals surface area contributed by atoms with Crippen molar-refractivity contribution in [3.63, 3.8) is 0 Å². The minimum absolute atomic E-state index is 0.338. The molecular formula is C14H21N5O2S. The molecule has 3 rings (SSSR count). The van der Waals surface area contributed by atoms with E-state index in [0.717, 1.165) is 32.4 Å². The molecule has 2 fully saturated rings. The van der Waals surface area contributed by atoms with Gasteiger partial charge >= 0.3 is 0 Å². The molecule has 0 spiro atoms. The molecule has 8 heteroatoms. The monoisotopic (exact) mass is 323 g/mol. The molecule has 1 saturated carbocycles. The lowest BCUT2D eigenvalue weighted by Gasteiger charge is -2.32. The summed E-state index contributed by atoms with van der Waals surface area (Å²) in [7, 11) is -3.10. The largest absolute Gasteiger partial charge is 0.339 e. The van der Waals surface area contributed by atoms with Gasteiger partial charge in [-0.1, -0.05) is 5.10 Å². The Bertz CT molecular complexity index is 686. The zero-order valence-electron chi connectivity index (χ0n) is 12.8. The van der Waals surface area contributed by atoms with Gasteiger partial charge in [0.15, 0.2) is 9.84 Å². The van der Waals surface area contributed by atoms with Gasteiger partial charge in [0.1, 0.15) is 0 Å². The summed E-state index contributed by atoms with van der Waals surface area (Å²) in [5.74, 6) is 3.84. The summed E-state index contributed by atoms with van der Waals surface area (Å²) < 4.78 is 24.9. The zero-order valence-corrected chi connectivity index (χ0v) is 13.6.